The van der Waals surface area contributed by atoms with Crippen molar-refractivity contribution in [3.8, 4) is 11.5 Å². The molecule has 0 unspecified atom stereocenters. The molecule has 0 saturated carbocycles. The van der Waals surface area contributed by atoms with Crippen molar-refractivity contribution in [1.82, 2.24) is 0 Å². The topological polar surface area (TPSA) is 29.5 Å². The minimum absolute atomic E-state index is 0.498. The van der Waals surface area contributed by atoms with Crippen LogP contribution in [0.4, 0.5) is 13.2 Å². The van der Waals surface area contributed by atoms with Crippen LogP contribution in [0.15, 0.2) is 18.2 Å². The molecule has 0 heterocycles. The van der Waals surface area contributed by atoms with E-state index in [0.717, 1.165) is 11.6 Å². The van der Waals surface area contributed by atoms with E-state index in [1.807, 2.05) is 6.92 Å². The number of ether oxygens (including phenoxy) is 1. The monoisotopic (exact) mass is 206 g/mol. The van der Waals surface area contributed by atoms with Crippen LogP contribution < -0.4 is 4.74 Å². The Morgan fingerprint density at radius 1 is 1.36 bits per heavy atom. The minimum Gasteiger partial charge on any atom is -0.504 e. The number of benzene rings is 1. The Morgan fingerprint density at radius 3 is 2.43 bits per heavy atom. The molecule has 0 amide bonds. The first kappa shape index (κ1) is 10.7. The molecule has 0 aliphatic heterocycles. The molecule has 5 heteroatoms. The highest BCUT2D eigenvalue weighted by molar-refractivity contribution is 5.41. The second-order valence-electron chi connectivity index (χ2n) is 2.70. The zero-order valence-corrected chi connectivity index (χ0v) is 7.43. The van der Waals surface area contributed by atoms with E-state index in [0.29, 0.717) is 6.42 Å². The van der Waals surface area contributed by atoms with Gasteiger partial charge in [0.2, 0.25) is 0 Å². The van der Waals surface area contributed by atoms with Gasteiger partial charge in [-0.3, -0.25) is 0 Å². The summed E-state index contributed by atoms with van der Waals surface area (Å²) in [4.78, 5) is 0. The second kappa shape index (κ2) is 3.77. The number of halogens is 3. The van der Waals surface area contributed by atoms with Gasteiger partial charge < -0.3 is 9.84 Å². The van der Waals surface area contributed by atoms with Gasteiger partial charge in [0.25, 0.3) is 0 Å². The Labute approximate surface area is 78.9 Å². The fraction of sp³-hybridized carbons (Fsp3) is 0.333. The molecule has 1 aromatic carbocycles. The van der Waals surface area contributed by atoms with E-state index in [4.69, 9.17) is 5.11 Å². The molecular formula is C9H9F3O2. The minimum atomic E-state index is -4.77. The Hall–Kier alpha value is -1.39. The van der Waals surface area contributed by atoms with Crippen molar-refractivity contribution in [1.29, 1.82) is 0 Å². The quantitative estimate of drug-likeness (QED) is 0.806. The third-order valence-corrected chi connectivity index (χ3v) is 1.66. The molecule has 0 fully saturated rings. The maximum atomic E-state index is 11.8. The molecule has 0 aromatic heterocycles. The zero-order chi connectivity index (χ0) is 10.8. The molecule has 0 atom stereocenters. The first-order chi connectivity index (χ1) is 6.42. The number of hydrogen-bond acceptors (Lipinski definition) is 2. The molecule has 1 rings (SSSR count). The lowest BCUT2D eigenvalue weighted by Gasteiger charge is -2.10. The van der Waals surface area contributed by atoms with E-state index < -0.39 is 17.9 Å². The van der Waals surface area contributed by atoms with E-state index >= 15 is 0 Å². The molecule has 0 aliphatic rings. The maximum Gasteiger partial charge on any atom is 0.573 e. The lowest BCUT2D eigenvalue weighted by molar-refractivity contribution is -0.275. The number of rotatable bonds is 2. The number of phenols is 1. The van der Waals surface area contributed by atoms with Gasteiger partial charge in [-0.1, -0.05) is 13.0 Å². The van der Waals surface area contributed by atoms with Crippen LogP contribution in [0.1, 0.15) is 12.5 Å². The molecule has 78 valence electrons. The molecule has 0 bridgehead atoms. The average Bonchev–Trinajstić information content (AvgIpc) is 2.06. The van der Waals surface area contributed by atoms with Crippen LogP contribution in [0.5, 0.6) is 11.5 Å². The standard InChI is InChI=1S/C9H9F3O2/c1-2-6-3-4-8(7(13)5-6)14-9(10,11)12/h3-5,13H,2H2,1H3. The highest BCUT2D eigenvalue weighted by Crippen LogP contribution is 2.31. The fourth-order valence-electron chi connectivity index (χ4n) is 0.994. The first-order valence-electron chi connectivity index (χ1n) is 4.00. The summed E-state index contributed by atoms with van der Waals surface area (Å²) >= 11 is 0. The van der Waals surface area contributed by atoms with Crippen LogP contribution in [0.3, 0.4) is 0 Å². The van der Waals surface area contributed by atoms with Crippen LogP contribution in [0.25, 0.3) is 0 Å². The van der Waals surface area contributed by atoms with Crippen molar-refractivity contribution in [3.05, 3.63) is 23.8 Å². The van der Waals surface area contributed by atoms with Crippen LogP contribution in [-0.4, -0.2) is 11.5 Å². The van der Waals surface area contributed by atoms with Crippen LogP contribution >= 0.6 is 0 Å². The molecule has 1 aromatic rings. The van der Waals surface area contributed by atoms with Gasteiger partial charge in [0.15, 0.2) is 11.5 Å². The zero-order valence-electron chi connectivity index (χ0n) is 7.43. The van der Waals surface area contributed by atoms with Crippen molar-refractivity contribution in [2.75, 3.05) is 0 Å². The van der Waals surface area contributed by atoms with Crippen molar-refractivity contribution < 1.29 is 23.0 Å². The Kier molecular flexibility index (Phi) is 2.88. The van der Waals surface area contributed by atoms with Gasteiger partial charge in [0.05, 0.1) is 0 Å². The van der Waals surface area contributed by atoms with Crippen molar-refractivity contribution in [2.45, 2.75) is 19.7 Å². The van der Waals surface area contributed by atoms with Gasteiger partial charge in [-0.25, -0.2) is 0 Å². The third-order valence-electron chi connectivity index (χ3n) is 1.66. The molecule has 0 saturated heterocycles. The summed E-state index contributed by atoms with van der Waals surface area (Å²) in [5.74, 6) is -1.07. The molecule has 14 heavy (non-hydrogen) atoms. The van der Waals surface area contributed by atoms with Crippen molar-refractivity contribution in [2.24, 2.45) is 0 Å². The highest BCUT2D eigenvalue weighted by atomic mass is 19.4. The Morgan fingerprint density at radius 2 is 2.00 bits per heavy atom. The van der Waals surface area contributed by atoms with Gasteiger partial charge in [0.1, 0.15) is 0 Å². The third kappa shape index (κ3) is 2.83. The van der Waals surface area contributed by atoms with Gasteiger partial charge in [-0.15, -0.1) is 13.2 Å². The van der Waals surface area contributed by atoms with Crippen molar-refractivity contribution in [3.63, 3.8) is 0 Å². The Bertz CT molecular complexity index is 320. The summed E-state index contributed by atoms with van der Waals surface area (Å²) in [6.07, 6.45) is -4.13. The average molecular weight is 206 g/mol. The largest absolute Gasteiger partial charge is 0.573 e. The maximum absolute atomic E-state index is 11.8. The molecule has 0 aliphatic carbocycles. The number of phenolic OH excluding ortho intramolecular Hbond substituents is 1. The summed E-state index contributed by atoms with van der Waals surface area (Å²) in [5.41, 5.74) is 0.747. The predicted octanol–water partition coefficient (Wildman–Crippen LogP) is 2.85. The summed E-state index contributed by atoms with van der Waals surface area (Å²) in [7, 11) is 0. The molecule has 0 radical (unpaired) electrons. The second-order valence-corrected chi connectivity index (χ2v) is 2.70. The normalized spacial score (nSPS) is 11.4. The fourth-order valence-corrected chi connectivity index (χ4v) is 0.994. The molecule has 2 nitrogen and oxygen atoms in total. The van der Waals surface area contributed by atoms with E-state index in [2.05, 4.69) is 4.74 Å². The molecule has 1 N–H and O–H groups in total. The summed E-state index contributed by atoms with van der Waals surface area (Å²) < 4.78 is 38.9. The molecular weight excluding hydrogens is 197 g/mol. The number of hydrogen-bond donors (Lipinski definition) is 1. The van der Waals surface area contributed by atoms with Crippen molar-refractivity contribution >= 4 is 0 Å². The van der Waals surface area contributed by atoms with Crippen LogP contribution in [0.2, 0.25) is 0 Å². The van der Waals surface area contributed by atoms with Gasteiger partial charge in [0, 0.05) is 0 Å². The number of aryl methyl sites for hydroxylation is 1. The summed E-state index contributed by atoms with van der Waals surface area (Å²) in [6, 6.07) is 3.82. The summed E-state index contributed by atoms with van der Waals surface area (Å²) in [5, 5.41) is 9.16. The van der Waals surface area contributed by atoms with Crippen LogP contribution in [0, 0.1) is 0 Å². The Balaban J connectivity index is 2.89. The summed E-state index contributed by atoms with van der Waals surface area (Å²) in [6.45, 7) is 1.83. The SMILES string of the molecule is CCc1ccc(OC(F)(F)F)c(O)c1. The first-order valence-corrected chi connectivity index (χ1v) is 4.00. The van der Waals surface area contributed by atoms with Crippen LogP contribution in [-0.2, 0) is 6.42 Å². The van der Waals surface area contributed by atoms with Gasteiger partial charge in [-0.05, 0) is 24.1 Å². The van der Waals surface area contributed by atoms with Gasteiger partial charge in [-0.2, -0.15) is 0 Å². The number of alkyl halides is 3. The van der Waals surface area contributed by atoms with E-state index in [-0.39, 0.29) is 0 Å². The van der Waals surface area contributed by atoms with E-state index in [1.165, 1.54) is 12.1 Å². The molecule has 0 spiro atoms. The number of aromatic hydroxyl groups is 1. The highest BCUT2D eigenvalue weighted by Gasteiger charge is 2.32. The lowest BCUT2D eigenvalue weighted by atomic mass is 10.1. The smallest absolute Gasteiger partial charge is 0.504 e. The van der Waals surface area contributed by atoms with E-state index in [9.17, 15) is 13.2 Å². The van der Waals surface area contributed by atoms with E-state index in [1.54, 1.807) is 0 Å². The lowest BCUT2D eigenvalue weighted by Crippen LogP contribution is -2.17. The van der Waals surface area contributed by atoms with Gasteiger partial charge >= 0.3 is 6.36 Å². The predicted molar refractivity (Wildman–Crippen MR) is 44.2 cm³/mol.